The van der Waals surface area contributed by atoms with Crippen LogP contribution in [0, 0.1) is 5.92 Å². The summed E-state index contributed by atoms with van der Waals surface area (Å²) in [6, 6.07) is 12.4. The number of benzene rings is 2. The highest BCUT2D eigenvalue weighted by Gasteiger charge is 2.22. The summed E-state index contributed by atoms with van der Waals surface area (Å²) >= 11 is 11.9. The lowest BCUT2D eigenvalue weighted by Crippen LogP contribution is -2.52. The summed E-state index contributed by atoms with van der Waals surface area (Å²) in [5.74, 6) is 0.278. The molecule has 0 radical (unpaired) electrons. The maximum atomic E-state index is 12.9. The van der Waals surface area contributed by atoms with Gasteiger partial charge in [-0.1, -0.05) is 55.2 Å². The first-order chi connectivity index (χ1) is 18.4. The average Bonchev–Trinajstić information content (AvgIpc) is 2.82. The fourth-order valence-corrected chi connectivity index (χ4v) is 5.68. The number of unbranched alkanes of at least 4 members (excludes halogenated alkanes) is 1. The summed E-state index contributed by atoms with van der Waals surface area (Å²) in [4.78, 5) is 27.2. The van der Waals surface area contributed by atoms with E-state index in [9.17, 15) is 18.0 Å². The van der Waals surface area contributed by atoms with Crippen molar-refractivity contribution in [3.63, 3.8) is 0 Å². The molecule has 4 N–H and O–H groups in total. The topological polar surface area (TPSA) is 123 Å². The van der Waals surface area contributed by atoms with Crippen molar-refractivity contribution < 1.29 is 18.0 Å². The van der Waals surface area contributed by atoms with Crippen LogP contribution in [-0.4, -0.2) is 70.2 Å². The van der Waals surface area contributed by atoms with Gasteiger partial charge in [-0.3, -0.25) is 5.43 Å². The van der Waals surface area contributed by atoms with Crippen molar-refractivity contribution in [2.75, 3.05) is 39.0 Å². The quantitative estimate of drug-likeness (QED) is 0.184. The standard InChI is InChI=1S/C26H38Cl2N6O4S/c1-19(2)16-22(31-25(35)30-21-10-6-5-7-11-21)18-34(26(36)32-33(3)4)15-9-8-14-29-39(37,38)24-13-12-20(27)17-23(24)28/h5-7,10-13,17,19,22,29H,8-9,14-16,18H2,1-4H3,(H,32,36)(H2,30,31,35)/t22-/m0/s1. The lowest BCUT2D eigenvalue weighted by molar-refractivity contribution is 0.161. The van der Waals surface area contributed by atoms with Crippen LogP contribution >= 0.6 is 23.2 Å². The Labute approximate surface area is 241 Å². The van der Waals surface area contributed by atoms with E-state index >= 15 is 0 Å². The van der Waals surface area contributed by atoms with Gasteiger partial charge in [0.05, 0.1) is 5.02 Å². The summed E-state index contributed by atoms with van der Waals surface area (Å²) in [5, 5.41) is 7.74. The van der Waals surface area contributed by atoms with Gasteiger partial charge in [0.1, 0.15) is 4.90 Å². The molecule has 2 aromatic rings. The first kappa shape index (κ1) is 32.6. The van der Waals surface area contributed by atoms with Crippen molar-refractivity contribution in [1.82, 2.24) is 25.4 Å². The van der Waals surface area contributed by atoms with Crippen LogP contribution in [0.25, 0.3) is 0 Å². The Morgan fingerprint density at radius 3 is 2.31 bits per heavy atom. The third kappa shape index (κ3) is 12.0. The van der Waals surface area contributed by atoms with Gasteiger partial charge in [0.2, 0.25) is 10.0 Å². The molecular formula is C26H38Cl2N6O4S. The zero-order chi connectivity index (χ0) is 29.0. The fraction of sp³-hybridized carbons (Fsp3) is 0.462. The second-order valence-electron chi connectivity index (χ2n) is 9.73. The van der Waals surface area contributed by atoms with E-state index in [-0.39, 0.29) is 47.0 Å². The molecule has 0 aromatic heterocycles. The number of nitrogens with one attached hydrogen (secondary N) is 4. The Bertz CT molecular complexity index is 1180. The van der Waals surface area contributed by atoms with Gasteiger partial charge in [-0.15, -0.1) is 0 Å². The van der Waals surface area contributed by atoms with Crippen molar-refractivity contribution in [3.8, 4) is 0 Å². The Morgan fingerprint density at radius 2 is 1.69 bits per heavy atom. The van der Waals surface area contributed by atoms with Gasteiger partial charge in [-0.25, -0.2) is 27.7 Å². The molecule has 0 spiro atoms. The number of sulfonamides is 1. The molecule has 0 saturated carbocycles. The van der Waals surface area contributed by atoms with Crippen LogP contribution in [0.15, 0.2) is 53.4 Å². The molecule has 2 aromatic carbocycles. The molecule has 0 aliphatic carbocycles. The summed E-state index contributed by atoms with van der Waals surface area (Å²) in [6.45, 7) is 4.91. The molecule has 10 nitrogen and oxygen atoms in total. The number of amides is 4. The largest absolute Gasteiger partial charge is 0.333 e. The number of nitrogens with zero attached hydrogens (tertiary/aromatic N) is 2. The molecule has 0 aliphatic heterocycles. The number of hydrazine groups is 1. The zero-order valence-corrected chi connectivity index (χ0v) is 25.0. The predicted octanol–water partition coefficient (Wildman–Crippen LogP) is 4.78. The highest BCUT2D eigenvalue weighted by atomic mass is 35.5. The highest BCUT2D eigenvalue weighted by molar-refractivity contribution is 7.89. The maximum Gasteiger partial charge on any atom is 0.331 e. The molecule has 216 valence electrons. The monoisotopic (exact) mass is 600 g/mol. The van der Waals surface area contributed by atoms with Gasteiger partial charge in [-0.2, -0.15) is 0 Å². The van der Waals surface area contributed by atoms with Crippen LogP contribution in [0.2, 0.25) is 10.0 Å². The number of halogens is 2. The van der Waals surface area contributed by atoms with E-state index in [1.807, 2.05) is 32.0 Å². The molecule has 0 unspecified atom stereocenters. The second kappa shape index (κ2) is 15.9. The first-order valence-electron chi connectivity index (χ1n) is 12.7. The Hall–Kier alpha value is -2.57. The number of para-hydroxylation sites is 1. The van der Waals surface area contributed by atoms with Crippen LogP contribution in [0.3, 0.4) is 0 Å². The van der Waals surface area contributed by atoms with Crippen LogP contribution < -0.4 is 20.8 Å². The SMILES string of the molecule is CC(C)C[C@@H](CN(CCCCNS(=O)(=O)c1ccc(Cl)cc1Cl)C(=O)NN(C)C)NC(=O)Nc1ccccc1. The molecule has 0 fully saturated rings. The molecule has 39 heavy (non-hydrogen) atoms. The number of urea groups is 2. The number of hydrogen-bond acceptors (Lipinski definition) is 5. The third-order valence-electron chi connectivity index (χ3n) is 5.50. The fourth-order valence-electron chi connectivity index (χ4n) is 3.83. The molecular weight excluding hydrogens is 563 g/mol. The van der Waals surface area contributed by atoms with Crippen LogP contribution in [0.4, 0.5) is 15.3 Å². The van der Waals surface area contributed by atoms with Gasteiger partial charge in [0.15, 0.2) is 0 Å². The Balaban J connectivity index is 1.98. The summed E-state index contributed by atoms with van der Waals surface area (Å²) in [5.41, 5.74) is 3.42. The molecule has 13 heteroatoms. The number of carbonyl (C=O) groups is 2. The van der Waals surface area contributed by atoms with Crippen LogP contribution in [0.5, 0.6) is 0 Å². The van der Waals surface area contributed by atoms with E-state index in [0.29, 0.717) is 36.5 Å². The zero-order valence-electron chi connectivity index (χ0n) is 22.7. The minimum atomic E-state index is -3.81. The Kier molecular flexibility index (Phi) is 13.3. The summed E-state index contributed by atoms with van der Waals surface area (Å²) < 4.78 is 27.8. The summed E-state index contributed by atoms with van der Waals surface area (Å²) in [7, 11) is -0.383. The van der Waals surface area contributed by atoms with E-state index in [1.54, 1.807) is 36.1 Å². The number of rotatable bonds is 14. The summed E-state index contributed by atoms with van der Waals surface area (Å²) in [6.07, 6.45) is 1.67. The molecule has 4 amide bonds. The smallest absolute Gasteiger partial charge is 0.331 e. The molecule has 1 atom stereocenters. The van der Waals surface area contributed by atoms with Gasteiger partial charge in [0.25, 0.3) is 0 Å². The lowest BCUT2D eigenvalue weighted by atomic mass is 10.0. The molecule has 0 aliphatic rings. The van der Waals surface area contributed by atoms with Gasteiger partial charge < -0.3 is 15.5 Å². The minimum absolute atomic E-state index is 0.0431. The molecule has 0 saturated heterocycles. The number of hydrogen-bond donors (Lipinski definition) is 4. The van der Waals surface area contributed by atoms with E-state index in [4.69, 9.17) is 23.2 Å². The molecule has 2 rings (SSSR count). The average molecular weight is 602 g/mol. The van der Waals surface area contributed by atoms with E-state index < -0.39 is 10.0 Å². The van der Waals surface area contributed by atoms with Crippen molar-refractivity contribution in [2.24, 2.45) is 5.92 Å². The van der Waals surface area contributed by atoms with Crippen molar-refractivity contribution in [1.29, 1.82) is 0 Å². The van der Waals surface area contributed by atoms with Crippen molar-refractivity contribution in [3.05, 3.63) is 58.6 Å². The highest BCUT2D eigenvalue weighted by Crippen LogP contribution is 2.24. The van der Waals surface area contributed by atoms with E-state index in [0.717, 1.165) is 0 Å². The van der Waals surface area contributed by atoms with E-state index in [2.05, 4.69) is 20.8 Å². The number of anilines is 1. The van der Waals surface area contributed by atoms with Crippen LogP contribution in [0.1, 0.15) is 33.1 Å². The molecule has 0 bridgehead atoms. The second-order valence-corrected chi connectivity index (χ2v) is 12.3. The van der Waals surface area contributed by atoms with Crippen molar-refractivity contribution in [2.45, 2.75) is 44.0 Å². The maximum absolute atomic E-state index is 12.9. The van der Waals surface area contributed by atoms with Crippen molar-refractivity contribution >= 4 is 51.0 Å². The van der Waals surface area contributed by atoms with Crippen LogP contribution in [-0.2, 0) is 10.0 Å². The third-order valence-corrected chi connectivity index (χ3v) is 7.68. The molecule has 0 heterocycles. The van der Waals surface area contributed by atoms with Gasteiger partial charge in [-0.05, 0) is 55.5 Å². The lowest BCUT2D eigenvalue weighted by Gasteiger charge is -2.30. The first-order valence-corrected chi connectivity index (χ1v) is 14.9. The number of carbonyl (C=O) groups excluding carboxylic acids is 2. The minimum Gasteiger partial charge on any atom is -0.333 e. The predicted molar refractivity (Wildman–Crippen MR) is 157 cm³/mol. The Morgan fingerprint density at radius 1 is 1.00 bits per heavy atom. The van der Waals surface area contributed by atoms with Gasteiger partial charge >= 0.3 is 12.1 Å². The van der Waals surface area contributed by atoms with Gasteiger partial charge in [0, 0.05) is 50.5 Å². The van der Waals surface area contributed by atoms with E-state index in [1.165, 1.54) is 18.2 Å². The normalized spacial score (nSPS) is 12.3.